The number of benzene rings is 1. The fourth-order valence-corrected chi connectivity index (χ4v) is 16.4. The van der Waals surface area contributed by atoms with Crippen molar-refractivity contribution in [1.82, 2.24) is 3.26 Å². The summed E-state index contributed by atoms with van der Waals surface area (Å²) in [6.45, 7) is 13.5. The maximum Gasteiger partial charge on any atom is -1.00 e. The summed E-state index contributed by atoms with van der Waals surface area (Å²) in [5, 5.41) is 0. The van der Waals surface area contributed by atoms with E-state index in [1.807, 2.05) is 12.1 Å². The Kier molecular flexibility index (Phi) is 10.2. The summed E-state index contributed by atoms with van der Waals surface area (Å²) in [4.78, 5) is 12.8. The summed E-state index contributed by atoms with van der Waals surface area (Å²) in [7, 11) is 0. The molecule has 1 N–H and O–H groups in total. The summed E-state index contributed by atoms with van der Waals surface area (Å²) in [6, 6.07) is 8.12. The second-order valence-electron chi connectivity index (χ2n) is 7.68. The molecule has 0 heterocycles. The SMILES string of the molecule is CC1=CC[C]([Zr+2]([NH]C(=O)c2cccc(C(C)(C)C)c2)[SiH](C)C)=C1.[Cl-].[Cl-]. The van der Waals surface area contributed by atoms with E-state index >= 15 is 0 Å². The molecule has 0 aliphatic heterocycles. The Balaban J connectivity index is 0.00000288. The van der Waals surface area contributed by atoms with Gasteiger partial charge >= 0.3 is 150 Å². The van der Waals surface area contributed by atoms with Crippen LogP contribution in [0, 0.1) is 0 Å². The van der Waals surface area contributed by atoms with Crippen LogP contribution in [0.5, 0.6) is 0 Å². The molecule has 0 unspecified atom stereocenters. The average molecular weight is 477 g/mol. The Hall–Kier alpha value is -0.150. The molecule has 1 aliphatic rings. The number of allylic oxidation sites excluding steroid dienone is 4. The van der Waals surface area contributed by atoms with Gasteiger partial charge < -0.3 is 24.8 Å². The molecule has 2 nitrogen and oxygen atoms in total. The van der Waals surface area contributed by atoms with E-state index in [0.717, 1.165) is 12.0 Å². The molecule has 2 rings (SSSR count). The molecular formula is C19H28Cl2NOSiZr. The van der Waals surface area contributed by atoms with Gasteiger partial charge in [0.05, 0.1) is 0 Å². The van der Waals surface area contributed by atoms with E-state index in [-0.39, 0.29) is 36.1 Å². The van der Waals surface area contributed by atoms with Crippen molar-refractivity contribution < 1.29 is 50.8 Å². The first kappa shape index (κ1) is 24.8. The van der Waals surface area contributed by atoms with Gasteiger partial charge in [0.15, 0.2) is 0 Å². The Morgan fingerprint density at radius 1 is 1.20 bits per heavy atom. The molecular weight excluding hydrogens is 448 g/mol. The number of halogens is 2. The summed E-state index contributed by atoms with van der Waals surface area (Å²) in [6.07, 6.45) is 5.68. The molecule has 0 aromatic heterocycles. The molecule has 0 atom stereocenters. The Morgan fingerprint density at radius 3 is 2.32 bits per heavy atom. The third-order valence-corrected chi connectivity index (χ3v) is 20.7. The van der Waals surface area contributed by atoms with E-state index in [0.29, 0.717) is 0 Å². The minimum absolute atomic E-state index is 0. The van der Waals surface area contributed by atoms with Crippen molar-refractivity contribution in [1.29, 1.82) is 0 Å². The molecule has 1 aromatic rings. The minimum Gasteiger partial charge on any atom is -1.00 e. The monoisotopic (exact) mass is 474 g/mol. The number of hydrogen-bond acceptors (Lipinski definition) is 1. The third-order valence-electron chi connectivity index (χ3n) is 4.21. The number of amides is 1. The van der Waals surface area contributed by atoms with Crippen LogP contribution in [-0.2, 0) is 26.6 Å². The summed E-state index contributed by atoms with van der Waals surface area (Å²) in [5.41, 5.74) is 3.46. The fraction of sp³-hybridized carbons (Fsp3) is 0.421. The second kappa shape index (κ2) is 10.3. The summed E-state index contributed by atoms with van der Waals surface area (Å²) < 4.78 is 5.05. The van der Waals surface area contributed by atoms with Crippen molar-refractivity contribution in [2.75, 3.05) is 0 Å². The summed E-state index contributed by atoms with van der Waals surface area (Å²) in [5.74, 6) is -0.692. The first-order chi connectivity index (χ1) is 10.7. The molecule has 0 bridgehead atoms. The zero-order valence-corrected chi connectivity index (χ0v) is 21.0. The van der Waals surface area contributed by atoms with Crippen molar-refractivity contribution in [3.05, 3.63) is 56.4 Å². The fourth-order valence-electron chi connectivity index (χ4n) is 2.77. The molecule has 0 spiro atoms. The normalized spacial score (nSPS) is 13.4. The molecule has 0 fully saturated rings. The van der Waals surface area contributed by atoms with Crippen LogP contribution in [0.15, 0.2) is 45.3 Å². The van der Waals surface area contributed by atoms with Gasteiger partial charge in [0.1, 0.15) is 0 Å². The van der Waals surface area contributed by atoms with Crippen molar-refractivity contribution in [3.8, 4) is 0 Å². The average Bonchev–Trinajstić information content (AvgIpc) is 2.89. The summed E-state index contributed by atoms with van der Waals surface area (Å²) >= 11 is -1.99. The van der Waals surface area contributed by atoms with Crippen molar-refractivity contribution in [2.45, 2.75) is 52.6 Å². The van der Waals surface area contributed by atoms with Crippen molar-refractivity contribution in [2.24, 2.45) is 0 Å². The van der Waals surface area contributed by atoms with Crippen molar-refractivity contribution >= 4 is 11.8 Å². The predicted octanol–water partition coefficient (Wildman–Crippen LogP) is -1.53. The Morgan fingerprint density at radius 2 is 1.84 bits per heavy atom. The smallest absolute Gasteiger partial charge is 1.00 e. The molecule has 0 saturated carbocycles. The van der Waals surface area contributed by atoms with Crippen LogP contribution < -0.4 is 28.1 Å². The van der Waals surface area contributed by atoms with E-state index in [2.05, 4.69) is 68.3 Å². The molecule has 1 aliphatic carbocycles. The number of carbonyl (C=O) groups is 1. The van der Waals surface area contributed by atoms with Gasteiger partial charge in [-0.05, 0) is 0 Å². The van der Waals surface area contributed by atoms with Crippen molar-refractivity contribution in [3.63, 3.8) is 0 Å². The predicted molar refractivity (Wildman–Crippen MR) is 97.9 cm³/mol. The van der Waals surface area contributed by atoms with Crippen LogP contribution in [0.2, 0.25) is 13.1 Å². The van der Waals surface area contributed by atoms with E-state index in [4.69, 9.17) is 0 Å². The molecule has 1 aromatic carbocycles. The van der Waals surface area contributed by atoms with E-state index in [1.54, 1.807) is 3.28 Å². The molecule has 137 valence electrons. The quantitative estimate of drug-likeness (QED) is 0.526. The van der Waals surface area contributed by atoms with Gasteiger partial charge in [-0.1, -0.05) is 0 Å². The molecule has 6 heteroatoms. The first-order valence-corrected chi connectivity index (χ1v) is 17.9. The molecule has 25 heavy (non-hydrogen) atoms. The number of rotatable bonds is 4. The third kappa shape index (κ3) is 6.82. The van der Waals surface area contributed by atoms with Crippen LogP contribution >= 0.6 is 0 Å². The van der Waals surface area contributed by atoms with E-state index in [1.165, 1.54) is 11.1 Å². The first-order valence-electron chi connectivity index (χ1n) is 8.35. The van der Waals surface area contributed by atoms with Crippen LogP contribution in [-0.4, -0.2) is 11.8 Å². The van der Waals surface area contributed by atoms with Gasteiger partial charge in [-0.2, -0.15) is 0 Å². The van der Waals surface area contributed by atoms with Crippen LogP contribution in [0.4, 0.5) is 0 Å². The van der Waals surface area contributed by atoms with Crippen LogP contribution in [0.25, 0.3) is 0 Å². The van der Waals surface area contributed by atoms with Gasteiger partial charge in [0.25, 0.3) is 0 Å². The van der Waals surface area contributed by atoms with Gasteiger partial charge in [-0.3, -0.25) is 0 Å². The Bertz CT molecular complexity index is 666. The van der Waals surface area contributed by atoms with Gasteiger partial charge in [-0.25, -0.2) is 0 Å². The molecule has 0 radical (unpaired) electrons. The topological polar surface area (TPSA) is 29.1 Å². The zero-order chi connectivity index (χ0) is 17.2. The number of nitrogens with one attached hydrogen (secondary N) is 1. The van der Waals surface area contributed by atoms with Crippen LogP contribution in [0.1, 0.15) is 50.0 Å². The van der Waals surface area contributed by atoms with Gasteiger partial charge in [0, 0.05) is 0 Å². The standard InChI is InChI=1S/C11H15NO.C6H7.C2H7Si.2ClH.Zr/c1-11(2,3)9-6-4-5-8(7-9)10(12)13;1-6-4-2-3-5-6;1-3-2;;;/h4-7H,1-3H3,(H2,12,13);4-5H,2H2,1H3;3H,1-2H3;2*1H;/q;;;;;+3/p-3. The van der Waals surface area contributed by atoms with Gasteiger partial charge in [0.2, 0.25) is 0 Å². The zero-order valence-electron chi connectivity index (χ0n) is 15.9. The Labute approximate surface area is 174 Å². The maximum absolute atomic E-state index is 12.8. The molecule has 0 saturated heterocycles. The second-order valence-corrected chi connectivity index (χ2v) is 26.1. The largest absolute Gasteiger partial charge is 1.00 e. The number of carbonyl (C=O) groups excluding carboxylic acids is 1. The minimum atomic E-state index is -1.99. The molecule has 1 amide bonds. The van der Waals surface area contributed by atoms with Crippen LogP contribution in [0.3, 0.4) is 0 Å². The number of hydrogen-bond donors (Lipinski definition) is 1. The van der Waals surface area contributed by atoms with E-state index < -0.39 is 27.1 Å². The maximum atomic E-state index is 12.8. The van der Waals surface area contributed by atoms with E-state index in [9.17, 15) is 4.79 Å². The van der Waals surface area contributed by atoms with Gasteiger partial charge in [-0.15, -0.1) is 0 Å².